The Morgan fingerprint density at radius 3 is 2.69 bits per heavy atom. The first-order valence-corrected chi connectivity index (χ1v) is 9.06. The van der Waals surface area contributed by atoms with Gasteiger partial charge in [-0.05, 0) is 23.6 Å². The summed E-state index contributed by atoms with van der Waals surface area (Å²) in [6.07, 6.45) is 5.54. The first-order chi connectivity index (χ1) is 12.8. The molecule has 2 N–H and O–H groups in total. The zero-order valence-electron chi connectivity index (χ0n) is 13.8. The van der Waals surface area contributed by atoms with E-state index in [1.165, 1.54) is 0 Å². The predicted octanol–water partition coefficient (Wildman–Crippen LogP) is 2.85. The van der Waals surface area contributed by atoms with Crippen LogP contribution in [0, 0.1) is 0 Å². The summed E-state index contributed by atoms with van der Waals surface area (Å²) in [7, 11) is 0. The molecule has 4 aromatic rings. The van der Waals surface area contributed by atoms with Crippen LogP contribution in [0.5, 0.6) is 0 Å². The van der Waals surface area contributed by atoms with Gasteiger partial charge < -0.3 is 10.4 Å². The van der Waals surface area contributed by atoms with Crippen molar-refractivity contribution in [2.45, 2.75) is 0 Å². The summed E-state index contributed by atoms with van der Waals surface area (Å²) in [5.41, 5.74) is 5.19. The van der Waals surface area contributed by atoms with Gasteiger partial charge in [-0.1, -0.05) is 12.1 Å². The summed E-state index contributed by atoms with van der Waals surface area (Å²) in [5.74, 6) is -0.205. The Morgan fingerprint density at radius 1 is 1.12 bits per heavy atom. The van der Waals surface area contributed by atoms with E-state index in [1.807, 2.05) is 34.3 Å². The van der Waals surface area contributed by atoms with Crippen LogP contribution >= 0.6 is 11.3 Å². The highest BCUT2D eigenvalue weighted by Crippen LogP contribution is 2.25. The number of aliphatic hydroxyl groups is 1. The summed E-state index contributed by atoms with van der Waals surface area (Å²) >= 11 is 1.65. The minimum atomic E-state index is -0.205. The van der Waals surface area contributed by atoms with Crippen molar-refractivity contribution in [1.29, 1.82) is 0 Å². The number of rotatable bonds is 5. The molecule has 6 nitrogen and oxygen atoms in total. The number of thiophene rings is 1. The van der Waals surface area contributed by atoms with Crippen LogP contribution in [0.2, 0.25) is 0 Å². The smallest absolute Gasteiger partial charge is 0.251 e. The molecule has 0 aliphatic heterocycles. The minimum absolute atomic E-state index is 0.0782. The molecule has 0 spiro atoms. The van der Waals surface area contributed by atoms with Crippen molar-refractivity contribution in [2.24, 2.45) is 0 Å². The SMILES string of the molecule is O=C(NCCO)c1ccc(-c2cn3c(-c4ccsc4)cnc3cn2)cc1. The lowest BCUT2D eigenvalue weighted by Crippen LogP contribution is -2.26. The maximum absolute atomic E-state index is 11.9. The van der Waals surface area contributed by atoms with E-state index in [2.05, 4.69) is 26.7 Å². The zero-order chi connectivity index (χ0) is 17.9. The Kier molecular flexibility index (Phi) is 4.47. The number of aliphatic hydroxyl groups excluding tert-OH is 1. The number of nitrogens with one attached hydrogen (secondary N) is 1. The summed E-state index contributed by atoms with van der Waals surface area (Å²) < 4.78 is 2.02. The number of carbonyl (C=O) groups excluding carboxylic acids is 1. The summed E-state index contributed by atoms with van der Waals surface area (Å²) in [4.78, 5) is 20.8. The number of aromatic nitrogens is 3. The van der Waals surface area contributed by atoms with Crippen molar-refractivity contribution in [2.75, 3.05) is 13.2 Å². The average molecular weight is 364 g/mol. The second-order valence-electron chi connectivity index (χ2n) is 5.71. The van der Waals surface area contributed by atoms with Crippen molar-refractivity contribution in [1.82, 2.24) is 19.7 Å². The molecule has 3 aromatic heterocycles. The van der Waals surface area contributed by atoms with Gasteiger partial charge in [0.15, 0.2) is 5.65 Å². The molecule has 3 heterocycles. The van der Waals surface area contributed by atoms with Crippen molar-refractivity contribution in [3.63, 3.8) is 0 Å². The lowest BCUT2D eigenvalue weighted by molar-refractivity contribution is 0.0945. The van der Waals surface area contributed by atoms with Gasteiger partial charge in [0.25, 0.3) is 5.91 Å². The molecular weight excluding hydrogens is 348 g/mol. The molecule has 0 aliphatic rings. The maximum atomic E-state index is 11.9. The lowest BCUT2D eigenvalue weighted by Gasteiger charge is -2.06. The van der Waals surface area contributed by atoms with Crippen LogP contribution in [0.25, 0.3) is 28.2 Å². The molecule has 7 heteroatoms. The molecule has 1 amide bonds. The third-order valence-corrected chi connectivity index (χ3v) is 4.74. The Labute approximate surface area is 153 Å². The summed E-state index contributed by atoms with van der Waals surface area (Å²) in [6, 6.07) is 9.30. The Morgan fingerprint density at radius 2 is 1.96 bits per heavy atom. The number of amides is 1. The maximum Gasteiger partial charge on any atom is 0.251 e. The van der Waals surface area contributed by atoms with Gasteiger partial charge in [0, 0.05) is 34.8 Å². The third kappa shape index (κ3) is 3.10. The Bertz CT molecular complexity index is 1040. The Hall–Kier alpha value is -3.03. The number of imidazole rings is 1. The van der Waals surface area contributed by atoms with Gasteiger partial charge in [-0.25, -0.2) is 4.98 Å². The number of hydrogen-bond donors (Lipinski definition) is 2. The van der Waals surface area contributed by atoms with Crippen molar-refractivity contribution in [3.8, 4) is 22.5 Å². The highest BCUT2D eigenvalue weighted by molar-refractivity contribution is 7.08. The monoisotopic (exact) mass is 364 g/mol. The van der Waals surface area contributed by atoms with Crippen LogP contribution in [0.1, 0.15) is 10.4 Å². The van der Waals surface area contributed by atoms with E-state index >= 15 is 0 Å². The van der Waals surface area contributed by atoms with Gasteiger partial charge in [-0.2, -0.15) is 11.3 Å². The molecule has 26 heavy (non-hydrogen) atoms. The van der Waals surface area contributed by atoms with Crippen molar-refractivity contribution < 1.29 is 9.90 Å². The van der Waals surface area contributed by atoms with Gasteiger partial charge in [-0.15, -0.1) is 0 Å². The molecule has 0 fully saturated rings. The van der Waals surface area contributed by atoms with E-state index in [-0.39, 0.29) is 19.1 Å². The third-order valence-electron chi connectivity index (χ3n) is 4.05. The molecule has 0 atom stereocenters. The lowest BCUT2D eigenvalue weighted by atomic mass is 10.1. The summed E-state index contributed by atoms with van der Waals surface area (Å²) in [5, 5.41) is 15.5. The summed E-state index contributed by atoms with van der Waals surface area (Å²) in [6.45, 7) is 0.163. The van der Waals surface area contributed by atoms with Crippen LogP contribution < -0.4 is 5.32 Å². The quantitative estimate of drug-likeness (QED) is 0.571. The number of hydrogen-bond acceptors (Lipinski definition) is 5. The van der Waals surface area contributed by atoms with Crippen LogP contribution in [0.3, 0.4) is 0 Å². The molecule has 0 unspecified atom stereocenters. The van der Waals surface area contributed by atoms with E-state index < -0.39 is 0 Å². The zero-order valence-corrected chi connectivity index (χ0v) is 14.6. The van der Waals surface area contributed by atoms with Crippen molar-refractivity contribution >= 4 is 22.9 Å². The highest BCUT2D eigenvalue weighted by Gasteiger charge is 2.10. The van der Waals surface area contributed by atoms with E-state index in [9.17, 15) is 4.79 Å². The average Bonchev–Trinajstić information content (AvgIpc) is 3.35. The van der Waals surface area contributed by atoms with E-state index in [1.54, 1.807) is 29.7 Å². The first-order valence-electron chi connectivity index (χ1n) is 8.11. The van der Waals surface area contributed by atoms with Crippen LogP contribution in [-0.4, -0.2) is 38.5 Å². The van der Waals surface area contributed by atoms with Gasteiger partial charge >= 0.3 is 0 Å². The number of fused-ring (bicyclic) bond motifs is 1. The predicted molar refractivity (Wildman–Crippen MR) is 101 cm³/mol. The molecule has 0 aliphatic carbocycles. The van der Waals surface area contributed by atoms with Gasteiger partial charge in [0.1, 0.15) is 0 Å². The fraction of sp³-hybridized carbons (Fsp3) is 0.105. The first kappa shape index (κ1) is 16.4. The fourth-order valence-electron chi connectivity index (χ4n) is 2.73. The number of benzene rings is 1. The molecular formula is C19H16N4O2S. The van der Waals surface area contributed by atoms with Gasteiger partial charge in [-0.3, -0.25) is 14.2 Å². The largest absolute Gasteiger partial charge is 0.395 e. The number of carbonyl (C=O) groups is 1. The molecule has 130 valence electrons. The highest BCUT2D eigenvalue weighted by atomic mass is 32.1. The van der Waals surface area contributed by atoms with Crippen LogP contribution in [-0.2, 0) is 0 Å². The molecule has 0 saturated carbocycles. The fourth-order valence-corrected chi connectivity index (χ4v) is 3.38. The molecule has 0 bridgehead atoms. The van der Waals surface area contributed by atoms with Crippen LogP contribution in [0.4, 0.5) is 0 Å². The number of nitrogens with zero attached hydrogens (tertiary/aromatic N) is 3. The molecule has 0 saturated heterocycles. The van der Waals surface area contributed by atoms with Gasteiger partial charge in [0.2, 0.25) is 0 Å². The topological polar surface area (TPSA) is 79.5 Å². The van der Waals surface area contributed by atoms with Crippen molar-refractivity contribution in [3.05, 3.63) is 65.2 Å². The second kappa shape index (κ2) is 7.07. The normalized spacial score (nSPS) is 11.0. The molecule has 4 rings (SSSR count). The molecule has 1 aromatic carbocycles. The second-order valence-corrected chi connectivity index (χ2v) is 6.49. The molecule has 0 radical (unpaired) electrons. The van der Waals surface area contributed by atoms with E-state index in [4.69, 9.17) is 5.11 Å². The standard InChI is InChI=1S/C19H16N4O2S/c24-7-6-20-19(25)14-3-1-13(2-4-14)16-11-23-17(15-5-8-26-12-15)9-22-18(23)10-21-16/h1-5,8-12,24H,6-7H2,(H,20,25). The van der Waals surface area contributed by atoms with Gasteiger partial charge in [0.05, 0.1) is 30.4 Å². The van der Waals surface area contributed by atoms with E-state index in [0.717, 1.165) is 28.2 Å². The minimum Gasteiger partial charge on any atom is -0.395 e. The Balaban J connectivity index is 1.66. The van der Waals surface area contributed by atoms with E-state index in [0.29, 0.717) is 5.56 Å². The van der Waals surface area contributed by atoms with Crippen LogP contribution in [0.15, 0.2) is 59.7 Å².